The van der Waals surface area contributed by atoms with Crippen LogP contribution in [0.25, 0.3) is 17.6 Å². The second-order valence-electron chi connectivity index (χ2n) is 6.82. The fourth-order valence-corrected chi connectivity index (χ4v) is 3.19. The van der Waals surface area contributed by atoms with E-state index < -0.39 is 47.7 Å². The van der Waals surface area contributed by atoms with E-state index in [0.717, 1.165) is 16.8 Å². The smallest absolute Gasteiger partial charge is 0.425 e. The number of alkyl halides is 3. The van der Waals surface area contributed by atoms with Gasteiger partial charge < -0.3 is 14.8 Å². The third kappa shape index (κ3) is 4.81. The van der Waals surface area contributed by atoms with Gasteiger partial charge in [-0.2, -0.15) is 17.9 Å². The number of aromatic amines is 1. The van der Waals surface area contributed by atoms with Gasteiger partial charge in [0, 0.05) is 18.3 Å². The Bertz CT molecular complexity index is 1230. The third-order valence-corrected chi connectivity index (χ3v) is 5.03. The summed E-state index contributed by atoms with van der Waals surface area (Å²) in [6.07, 6.45) is -5.51. The molecule has 0 aliphatic carbocycles. The topological polar surface area (TPSA) is 85.1 Å². The molecular formula is C20H18ClF5N4O3. The molecule has 3 aromatic rings. The number of H-pyrrole nitrogens is 1. The number of benzene rings is 1. The number of nitrogens with one attached hydrogen (secondary N) is 1. The molecule has 3 rings (SSSR count). The van der Waals surface area contributed by atoms with Gasteiger partial charge in [0.1, 0.15) is 23.8 Å². The first-order chi connectivity index (χ1) is 15.5. The van der Waals surface area contributed by atoms with Crippen molar-refractivity contribution in [2.45, 2.75) is 39.3 Å². The lowest BCUT2D eigenvalue weighted by Gasteiger charge is -2.18. The van der Waals surface area contributed by atoms with Crippen LogP contribution in [0.1, 0.15) is 30.9 Å². The van der Waals surface area contributed by atoms with Crippen LogP contribution in [0, 0.1) is 5.82 Å². The first-order valence-corrected chi connectivity index (χ1v) is 9.93. The van der Waals surface area contributed by atoms with Gasteiger partial charge in [0.25, 0.3) is 0 Å². The predicted octanol–water partition coefficient (Wildman–Crippen LogP) is 4.46. The number of aromatic nitrogens is 4. The summed E-state index contributed by atoms with van der Waals surface area (Å²) >= 11 is 5.90. The van der Waals surface area contributed by atoms with E-state index in [2.05, 4.69) is 10.1 Å². The van der Waals surface area contributed by atoms with E-state index in [-0.39, 0.29) is 28.6 Å². The molecule has 13 heteroatoms. The zero-order chi connectivity index (χ0) is 24.5. The van der Waals surface area contributed by atoms with Crippen LogP contribution >= 0.6 is 11.6 Å². The fraction of sp³-hybridized carbons (Fsp3) is 0.300. The lowest BCUT2D eigenvalue weighted by molar-refractivity contribution is -0.189. The lowest BCUT2D eigenvalue weighted by atomic mass is 10.1. The molecule has 0 aliphatic heterocycles. The van der Waals surface area contributed by atoms with E-state index in [1.807, 2.05) is 0 Å². The van der Waals surface area contributed by atoms with Crippen molar-refractivity contribution < 1.29 is 31.8 Å². The van der Waals surface area contributed by atoms with E-state index in [0.29, 0.717) is 17.7 Å². The molecule has 33 heavy (non-hydrogen) atoms. The van der Waals surface area contributed by atoms with Crippen molar-refractivity contribution in [2.24, 2.45) is 0 Å². The Kier molecular flexibility index (Phi) is 6.98. The molecule has 0 spiro atoms. The zero-order valence-electron chi connectivity index (χ0n) is 17.3. The Morgan fingerprint density at radius 1 is 1.39 bits per heavy atom. The van der Waals surface area contributed by atoms with Gasteiger partial charge >= 0.3 is 11.9 Å². The van der Waals surface area contributed by atoms with Crippen molar-refractivity contribution in [3.63, 3.8) is 0 Å². The largest absolute Gasteiger partial charge is 0.477 e. The van der Waals surface area contributed by atoms with Crippen molar-refractivity contribution in [1.29, 1.82) is 0 Å². The van der Waals surface area contributed by atoms with E-state index in [9.17, 15) is 27.5 Å². The highest BCUT2D eigenvalue weighted by Gasteiger charge is 2.39. The molecule has 0 fully saturated rings. The van der Waals surface area contributed by atoms with Crippen molar-refractivity contribution >= 4 is 23.5 Å². The second-order valence-corrected chi connectivity index (χ2v) is 7.23. The van der Waals surface area contributed by atoms with Crippen molar-refractivity contribution in [2.75, 3.05) is 0 Å². The number of rotatable bonds is 7. The SMILES string of the molecule is CCn1c(CO)nn(-c2c[nH]c(/C(F)=C/c3c(F)cccc3Cl)c2O[C@@H](C)C(F)(F)F)c1=O. The molecular weight excluding hydrogens is 475 g/mol. The molecule has 0 saturated heterocycles. The molecule has 7 nitrogen and oxygen atoms in total. The Morgan fingerprint density at radius 2 is 2.09 bits per heavy atom. The Balaban J connectivity index is 2.21. The third-order valence-electron chi connectivity index (χ3n) is 4.70. The van der Waals surface area contributed by atoms with Crippen LogP contribution in [0.3, 0.4) is 0 Å². The predicted molar refractivity (Wildman–Crippen MR) is 110 cm³/mol. The Labute approximate surface area is 188 Å². The fourth-order valence-electron chi connectivity index (χ4n) is 2.97. The van der Waals surface area contributed by atoms with Gasteiger partial charge in [-0.15, -0.1) is 5.10 Å². The Hall–Kier alpha value is -3.12. The number of hydrogen-bond donors (Lipinski definition) is 2. The van der Waals surface area contributed by atoms with E-state index in [1.54, 1.807) is 6.92 Å². The number of aliphatic hydroxyl groups is 1. The van der Waals surface area contributed by atoms with Crippen molar-refractivity contribution in [3.05, 3.63) is 62.8 Å². The number of ether oxygens (including phenoxy) is 1. The summed E-state index contributed by atoms with van der Waals surface area (Å²) in [5.74, 6) is -2.81. The van der Waals surface area contributed by atoms with Gasteiger partial charge in [0.15, 0.2) is 23.5 Å². The van der Waals surface area contributed by atoms with Crippen LogP contribution in [-0.4, -0.2) is 36.7 Å². The quantitative estimate of drug-likeness (QED) is 0.477. The maximum atomic E-state index is 15.1. The summed E-state index contributed by atoms with van der Waals surface area (Å²) < 4.78 is 75.5. The molecule has 0 saturated carbocycles. The normalized spacial score (nSPS) is 13.4. The first kappa shape index (κ1) is 24.5. The van der Waals surface area contributed by atoms with E-state index in [4.69, 9.17) is 16.3 Å². The van der Waals surface area contributed by atoms with Gasteiger partial charge in [-0.1, -0.05) is 17.7 Å². The Morgan fingerprint density at radius 3 is 2.64 bits per heavy atom. The molecule has 0 unspecified atom stereocenters. The molecule has 0 radical (unpaired) electrons. The van der Waals surface area contributed by atoms with Gasteiger partial charge in [-0.05, 0) is 32.1 Å². The van der Waals surface area contributed by atoms with Crippen LogP contribution in [0.4, 0.5) is 22.0 Å². The zero-order valence-corrected chi connectivity index (χ0v) is 18.0. The van der Waals surface area contributed by atoms with Crippen LogP contribution in [0.5, 0.6) is 5.75 Å². The molecule has 1 atom stereocenters. The van der Waals surface area contributed by atoms with Gasteiger partial charge in [0.2, 0.25) is 0 Å². The molecule has 178 valence electrons. The standard InChI is InChI=1S/C20H18ClF5N4O3/c1-3-29-16(9-31)28-30(19(29)32)15-8-27-17(18(15)33-10(2)20(24,25)26)14(23)7-11-12(21)5-4-6-13(11)22/h4-8,10,27,31H,3,9H2,1-2H3/b14-7-/t10-/m0/s1. The van der Waals surface area contributed by atoms with Gasteiger partial charge in [-0.25, -0.2) is 13.6 Å². The van der Waals surface area contributed by atoms with E-state index >= 15 is 4.39 Å². The molecule has 0 amide bonds. The average molecular weight is 493 g/mol. The second kappa shape index (κ2) is 9.40. The average Bonchev–Trinajstić information content (AvgIpc) is 3.30. The van der Waals surface area contributed by atoms with Crippen molar-refractivity contribution in [3.8, 4) is 11.4 Å². The van der Waals surface area contributed by atoms with Crippen LogP contribution in [0.15, 0.2) is 29.2 Å². The number of aliphatic hydroxyl groups excluding tert-OH is 1. The van der Waals surface area contributed by atoms with Crippen LogP contribution in [-0.2, 0) is 13.2 Å². The van der Waals surface area contributed by atoms with Gasteiger partial charge in [-0.3, -0.25) is 4.57 Å². The van der Waals surface area contributed by atoms with Crippen LogP contribution < -0.4 is 10.4 Å². The molecule has 0 bridgehead atoms. The summed E-state index contributed by atoms with van der Waals surface area (Å²) in [7, 11) is 0. The maximum absolute atomic E-state index is 15.1. The maximum Gasteiger partial charge on any atom is 0.425 e. The minimum Gasteiger partial charge on any atom is -0.477 e. The molecule has 0 aliphatic rings. The minimum atomic E-state index is -4.81. The summed E-state index contributed by atoms with van der Waals surface area (Å²) in [5, 5.41) is 13.2. The summed E-state index contributed by atoms with van der Waals surface area (Å²) in [4.78, 5) is 15.1. The van der Waals surface area contributed by atoms with Crippen molar-refractivity contribution in [1.82, 2.24) is 19.3 Å². The summed E-state index contributed by atoms with van der Waals surface area (Å²) in [5.41, 5.74) is -2.06. The first-order valence-electron chi connectivity index (χ1n) is 9.55. The minimum absolute atomic E-state index is 0.0609. The summed E-state index contributed by atoms with van der Waals surface area (Å²) in [6, 6.07) is 3.64. The number of halogens is 6. The molecule has 1 aromatic carbocycles. The highest BCUT2D eigenvalue weighted by molar-refractivity contribution is 6.32. The highest BCUT2D eigenvalue weighted by Crippen LogP contribution is 2.37. The number of nitrogens with zero attached hydrogens (tertiary/aromatic N) is 3. The lowest BCUT2D eigenvalue weighted by Crippen LogP contribution is -2.32. The highest BCUT2D eigenvalue weighted by atomic mass is 35.5. The van der Waals surface area contributed by atoms with E-state index in [1.165, 1.54) is 12.1 Å². The molecule has 2 heterocycles. The molecule has 2 aromatic heterocycles. The number of hydrogen-bond acceptors (Lipinski definition) is 4. The summed E-state index contributed by atoms with van der Waals surface area (Å²) in [6.45, 7) is 1.78. The monoisotopic (exact) mass is 492 g/mol. The van der Waals surface area contributed by atoms with Crippen LogP contribution in [0.2, 0.25) is 5.02 Å². The van der Waals surface area contributed by atoms with Gasteiger partial charge in [0.05, 0.1) is 5.02 Å². The molecule has 2 N–H and O–H groups in total.